The largest absolute Gasteiger partial charge is 0.123 e. The molecule has 0 aromatic carbocycles. The molecule has 0 fully saturated rings. The third-order valence-corrected chi connectivity index (χ3v) is 2.37. The van der Waals surface area contributed by atoms with Gasteiger partial charge in [0.15, 0.2) is 0 Å². The lowest BCUT2D eigenvalue weighted by molar-refractivity contribution is 0.623. The fourth-order valence-electron chi connectivity index (χ4n) is 0.943. The molecule has 0 spiro atoms. The van der Waals surface area contributed by atoms with Crippen molar-refractivity contribution in [1.82, 2.24) is 0 Å². The van der Waals surface area contributed by atoms with Crippen LogP contribution in [0, 0.1) is 0 Å². The van der Waals surface area contributed by atoms with E-state index >= 15 is 0 Å². The molecule has 0 N–H and O–H groups in total. The number of unbranched alkanes of at least 4 members (excludes halogenated alkanes) is 4. The van der Waals surface area contributed by atoms with E-state index in [1.165, 1.54) is 38.5 Å². The van der Waals surface area contributed by atoms with E-state index in [9.17, 15) is 0 Å². The summed E-state index contributed by atoms with van der Waals surface area (Å²) in [4.78, 5) is 0. The fourth-order valence-corrected chi connectivity index (χ4v) is 1.50. The Morgan fingerprint density at radius 3 is 2.30 bits per heavy atom. The molecule has 0 nitrogen and oxygen atoms in total. The lowest BCUT2D eigenvalue weighted by Crippen LogP contribution is -1.84. The highest BCUT2D eigenvalue weighted by Gasteiger charge is 1.94. The summed E-state index contributed by atoms with van der Waals surface area (Å²) in [5.74, 6) is 0. The van der Waals surface area contributed by atoms with E-state index in [0.717, 1.165) is 0 Å². The zero-order valence-corrected chi connectivity index (χ0v) is 9.52. The molecule has 62 valence electrons. The lowest BCUT2D eigenvalue weighted by atomic mass is 10.1. The van der Waals surface area contributed by atoms with Gasteiger partial charge in [0.05, 0.1) is 0 Å². The highest BCUT2D eigenvalue weighted by Crippen LogP contribution is 2.17. The van der Waals surface area contributed by atoms with E-state index in [2.05, 4.69) is 32.1 Å². The van der Waals surface area contributed by atoms with Crippen LogP contribution in [0.4, 0.5) is 0 Å². The minimum absolute atomic E-state index is 0.633. The van der Waals surface area contributed by atoms with Crippen LogP contribution < -0.4 is 0 Å². The molecular formula is C8H18BrP. The van der Waals surface area contributed by atoms with E-state index in [1.54, 1.807) is 0 Å². The number of hydrogen-bond donors (Lipinski definition) is 0. The van der Waals surface area contributed by atoms with Crippen molar-refractivity contribution in [3.63, 3.8) is 0 Å². The normalized spacial score (nSPS) is 13.5. The predicted octanol–water partition coefficient (Wildman–Crippen LogP) is 3.94. The molecule has 0 aromatic rings. The summed E-state index contributed by atoms with van der Waals surface area (Å²) in [5.41, 5.74) is 0. The quantitative estimate of drug-likeness (QED) is 0.365. The second kappa shape index (κ2) is 8.01. The van der Waals surface area contributed by atoms with Crippen LogP contribution in [0.1, 0.15) is 45.4 Å². The average Bonchev–Trinajstić information content (AvgIpc) is 1.87. The number of rotatable bonds is 6. The second-order valence-electron chi connectivity index (χ2n) is 2.72. The summed E-state index contributed by atoms with van der Waals surface area (Å²) in [6.07, 6.45) is 8.25. The van der Waals surface area contributed by atoms with Crippen LogP contribution in [-0.2, 0) is 0 Å². The van der Waals surface area contributed by atoms with Crippen LogP contribution in [0.25, 0.3) is 0 Å². The van der Waals surface area contributed by atoms with Gasteiger partial charge in [-0.15, -0.1) is 9.24 Å². The van der Waals surface area contributed by atoms with Gasteiger partial charge in [0, 0.05) is 4.57 Å². The summed E-state index contributed by atoms with van der Waals surface area (Å²) < 4.78 is 0.633. The molecule has 10 heavy (non-hydrogen) atoms. The van der Waals surface area contributed by atoms with E-state index in [-0.39, 0.29) is 0 Å². The van der Waals surface area contributed by atoms with Crippen LogP contribution in [0.15, 0.2) is 0 Å². The monoisotopic (exact) mass is 224 g/mol. The maximum atomic E-state index is 3.51. The highest BCUT2D eigenvalue weighted by atomic mass is 79.9. The standard InChI is InChI=1S/C8H18BrP/c1-2-3-4-5-6-7-8(9)10/h8H,2-7,10H2,1H3. The van der Waals surface area contributed by atoms with Crippen molar-refractivity contribution >= 4 is 25.2 Å². The molecule has 2 unspecified atom stereocenters. The molecule has 0 saturated heterocycles. The molecule has 0 aliphatic rings. The number of hydrogen-bond acceptors (Lipinski definition) is 0. The maximum absolute atomic E-state index is 3.51. The predicted molar refractivity (Wildman–Crippen MR) is 55.8 cm³/mol. The Morgan fingerprint density at radius 2 is 1.80 bits per heavy atom. The van der Waals surface area contributed by atoms with Gasteiger partial charge < -0.3 is 0 Å². The van der Waals surface area contributed by atoms with Crippen molar-refractivity contribution in [1.29, 1.82) is 0 Å². The van der Waals surface area contributed by atoms with Crippen molar-refractivity contribution in [2.24, 2.45) is 0 Å². The third kappa shape index (κ3) is 8.91. The molecule has 0 heterocycles. The van der Waals surface area contributed by atoms with Crippen LogP contribution >= 0.6 is 25.2 Å². The summed E-state index contributed by atoms with van der Waals surface area (Å²) >= 11 is 3.51. The van der Waals surface area contributed by atoms with Gasteiger partial charge in [-0.1, -0.05) is 55.0 Å². The van der Waals surface area contributed by atoms with Crippen molar-refractivity contribution in [3.8, 4) is 0 Å². The first-order chi connectivity index (χ1) is 4.77. The zero-order chi connectivity index (χ0) is 7.82. The first-order valence-electron chi connectivity index (χ1n) is 4.17. The van der Waals surface area contributed by atoms with E-state index < -0.39 is 0 Å². The Balaban J connectivity index is 2.77. The summed E-state index contributed by atoms with van der Waals surface area (Å²) in [5, 5.41) is 0. The molecule has 0 aliphatic heterocycles. The van der Waals surface area contributed by atoms with Gasteiger partial charge in [0.25, 0.3) is 0 Å². The fraction of sp³-hybridized carbons (Fsp3) is 1.00. The minimum Gasteiger partial charge on any atom is -0.123 e. The second-order valence-corrected chi connectivity index (χ2v) is 5.68. The van der Waals surface area contributed by atoms with E-state index in [4.69, 9.17) is 0 Å². The Kier molecular flexibility index (Phi) is 8.74. The SMILES string of the molecule is CCCCCCCC(P)Br. The molecule has 0 saturated carbocycles. The number of halogens is 1. The molecule has 0 radical (unpaired) electrons. The summed E-state index contributed by atoms with van der Waals surface area (Å²) in [7, 11) is 2.77. The third-order valence-electron chi connectivity index (χ3n) is 1.58. The van der Waals surface area contributed by atoms with Gasteiger partial charge in [-0.05, 0) is 6.42 Å². The summed E-state index contributed by atoms with van der Waals surface area (Å²) in [6.45, 7) is 2.25. The van der Waals surface area contributed by atoms with Gasteiger partial charge in [-0.2, -0.15) is 0 Å². The van der Waals surface area contributed by atoms with Crippen molar-refractivity contribution in [2.75, 3.05) is 0 Å². The molecule has 2 atom stereocenters. The van der Waals surface area contributed by atoms with Crippen LogP contribution in [-0.4, -0.2) is 4.57 Å². The van der Waals surface area contributed by atoms with Crippen molar-refractivity contribution in [2.45, 2.75) is 50.0 Å². The van der Waals surface area contributed by atoms with Crippen LogP contribution in [0.5, 0.6) is 0 Å². The molecule has 2 heteroatoms. The smallest absolute Gasteiger partial charge is 0.0288 e. The van der Waals surface area contributed by atoms with E-state index in [1.807, 2.05) is 0 Å². The van der Waals surface area contributed by atoms with Crippen molar-refractivity contribution in [3.05, 3.63) is 0 Å². The highest BCUT2D eigenvalue weighted by molar-refractivity contribution is 9.10. The Labute approximate surface area is 75.5 Å². The lowest BCUT2D eigenvalue weighted by Gasteiger charge is -2.01. The first kappa shape index (κ1) is 10.9. The maximum Gasteiger partial charge on any atom is 0.0288 e. The van der Waals surface area contributed by atoms with Gasteiger partial charge in [0.2, 0.25) is 0 Å². The molecular weight excluding hydrogens is 207 g/mol. The van der Waals surface area contributed by atoms with Gasteiger partial charge in [-0.3, -0.25) is 0 Å². The summed E-state index contributed by atoms with van der Waals surface area (Å²) in [6, 6.07) is 0. The Bertz CT molecular complexity index is 64.3. The first-order valence-corrected chi connectivity index (χ1v) is 5.75. The zero-order valence-electron chi connectivity index (χ0n) is 6.78. The molecule has 0 bridgehead atoms. The molecule has 0 aromatic heterocycles. The van der Waals surface area contributed by atoms with Crippen LogP contribution in [0.3, 0.4) is 0 Å². The van der Waals surface area contributed by atoms with Crippen molar-refractivity contribution < 1.29 is 0 Å². The molecule has 0 rings (SSSR count). The van der Waals surface area contributed by atoms with Gasteiger partial charge in [0.1, 0.15) is 0 Å². The van der Waals surface area contributed by atoms with E-state index in [0.29, 0.717) is 4.57 Å². The minimum atomic E-state index is 0.633. The molecule has 0 aliphatic carbocycles. The van der Waals surface area contributed by atoms with Gasteiger partial charge in [-0.25, -0.2) is 0 Å². The Hall–Kier alpha value is 0.910. The van der Waals surface area contributed by atoms with Gasteiger partial charge >= 0.3 is 0 Å². The number of alkyl halides is 1. The van der Waals surface area contributed by atoms with Crippen LogP contribution in [0.2, 0.25) is 0 Å². The Morgan fingerprint density at radius 1 is 1.20 bits per heavy atom. The topological polar surface area (TPSA) is 0 Å². The molecule has 0 amide bonds. The average molecular weight is 225 g/mol.